The first-order valence-electron chi connectivity index (χ1n) is 6.95. The summed E-state index contributed by atoms with van der Waals surface area (Å²) in [5.74, 6) is 0.446. The van der Waals surface area contributed by atoms with E-state index in [1.54, 1.807) is 23.1 Å². The van der Waals surface area contributed by atoms with E-state index in [9.17, 15) is 9.90 Å². The molecule has 2 heterocycles. The summed E-state index contributed by atoms with van der Waals surface area (Å²) in [7, 11) is 0. The van der Waals surface area contributed by atoms with Crippen molar-refractivity contribution in [3.63, 3.8) is 0 Å². The van der Waals surface area contributed by atoms with Gasteiger partial charge in [0.1, 0.15) is 11.9 Å². The summed E-state index contributed by atoms with van der Waals surface area (Å²) >= 11 is 0. The third kappa shape index (κ3) is 2.38. The van der Waals surface area contributed by atoms with E-state index in [4.69, 9.17) is 4.42 Å². The molecule has 1 aliphatic rings. The summed E-state index contributed by atoms with van der Waals surface area (Å²) in [6.07, 6.45) is 2.45. The second-order valence-corrected chi connectivity index (χ2v) is 5.07. The van der Waals surface area contributed by atoms with Crippen LogP contribution in [-0.2, 0) is 11.3 Å². The van der Waals surface area contributed by atoms with Crippen LogP contribution in [0.25, 0.3) is 0 Å². The number of rotatable bonds is 4. The number of amides is 1. The molecule has 1 N–H and O–H groups in total. The maximum absolute atomic E-state index is 12.2. The van der Waals surface area contributed by atoms with Gasteiger partial charge in [-0.25, -0.2) is 0 Å². The van der Waals surface area contributed by atoms with Gasteiger partial charge < -0.3 is 14.4 Å². The Morgan fingerprint density at radius 3 is 2.67 bits per heavy atom. The third-order valence-corrected chi connectivity index (χ3v) is 3.80. The van der Waals surface area contributed by atoms with Crippen LogP contribution in [0, 0.1) is 0 Å². The van der Waals surface area contributed by atoms with E-state index in [0.717, 1.165) is 5.56 Å². The molecule has 1 amide bonds. The van der Waals surface area contributed by atoms with Crippen molar-refractivity contribution in [1.82, 2.24) is 4.90 Å². The smallest absolute Gasteiger partial charge is 0.252 e. The Morgan fingerprint density at radius 2 is 2.05 bits per heavy atom. The molecule has 1 saturated heterocycles. The van der Waals surface area contributed by atoms with Crippen LogP contribution < -0.4 is 0 Å². The van der Waals surface area contributed by atoms with Crippen LogP contribution in [0.1, 0.15) is 24.4 Å². The van der Waals surface area contributed by atoms with Gasteiger partial charge in [-0.2, -0.15) is 0 Å². The number of allylic oxidation sites excluding steroid dienone is 1. The molecular formula is C17H17NO3. The van der Waals surface area contributed by atoms with Gasteiger partial charge in [0.25, 0.3) is 5.91 Å². The predicted octanol–water partition coefficient (Wildman–Crippen LogP) is 2.67. The molecule has 2 atom stereocenters. The van der Waals surface area contributed by atoms with Crippen molar-refractivity contribution in [2.24, 2.45) is 0 Å². The summed E-state index contributed by atoms with van der Waals surface area (Å²) in [6, 6.07) is 12.9. The van der Waals surface area contributed by atoms with E-state index in [0.29, 0.717) is 17.9 Å². The summed E-state index contributed by atoms with van der Waals surface area (Å²) in [6.45, 7) is 2.30. The highest BCUT2D eigenvalue weighted by molar-refractivity contribution is 6.01. The minimum Gasteiger partial charge on any atom is -0.466 e. The number of carbonyl (C=O) groups excluding carboxylic acids is 1. The molecule has 1 fully saturated rings. The lowest BCUT2D eigenvalue weighted by molar-refractivity contribution is -0.143. The predicted molar refractivity (Wildman–Crippen MR) is 78.2 cm³/mol. The largest absolute Gasteiger partial charge is 0.466 e. The van der Waals surface area contributed by atoms with E-state index in [1.165, 1.54) is 6.26 Å². The first-order valence-corrected chi connectivity index (χ1v) is 6.95. The molecular weight excluding hydrogens is 266 g/mol. The van der Waals surface area contributed by atoms with Crippen molar-refractivity contribution in [1.29, 1.82) is 0 Å². The van der Waals surface area contributed by atoms with Gasteiger partial charge in [-0.15, -0.1) is 0 Å². The zero-order valence-corrected chi connectivity index (χ0v) is 11.8. The number of furan rings is 1. The van der Waals surface area contributed by atoms with Crippen molar-refractivity contribution in [2.75, 3.05) is 0 Å². The molecule has 21 heavy (non-hydrogen) atoms. The third-order valence-electron chi connectivity index (χ3n) is 3.80. The normalized spacial score (nSPS) is 21.4. The number of aliphatic hydroxyl groups excluding tert-OH is 1. The number of benzene rings is 1. The average Bonchev–Trinajstić information content (AvgIpc) is 3.05. The van der Waals surface area contributed by atoms with Crippen molar-refractivity contribution in [3.8, 4) is 0 Å². The van der Waals surface area contributed by atoms with Crippen molar-refractivity contribution in [3.05, 3.63) is 71.7 Å². The van der Waals surface area contributed by atoms with Gasteiger partial charge in [0.05, 0.1) is 12.3 Å². The van der Waals surface area contributed by atoms with Crippen LogP contribution in [0.2, 0.25) is 0 Å². The zero-order valence-electron chi connectivity index (χ0n) is 11.8. The molecule has 0 bridgehead atoms. The first-order chi connectivity index (χ1) is 10.2. The van der Waals surface area contributed by atoms with E-state index >= 15 is 0 Å². The lowest BCUT2D eigenvalue weighted by atomic mass is 9.87. The highest BCUT2D eigenvalue weighted by atomic mass is 16.4. The fraction of sp³-hybridized carbons (Fsp3) is 0.235. The number of aliphatic hydroxyl groups is 1. The Hall–Kier alpha value is -2.33. The quantitative estimate of drug-likeness (QED) is 0.693. The molecule has 1 aromatic heterocycles. The summed E-state index contributed by atoms with van der Waals surface area (Å²) in [5, 5.41) is 10.5. The lowest BCUT2D eigenvalue weighted by Gasteiger charge is -2.44. The monoisotopic (exact) mass is 283 g/mol. The van der Waals surface area contributed by atoms with E-state index in [-0.39, 0.29) is 11.9 Å². The summed E-state index contributed by atoms with van der Waals surface area (Å²) in [4.78, 5) is 13.9. The molecule has 0 spiro atoms. The van der Waals surface area contributed by atoms with E-state index in [2.05, 4.69) is 0 Å². The van der Waals surface area contributed by atoms with Gasteiger partial charge in [-0.3, -0.25) is 4.79 Å². The molecule has 3 rings (SSSR count). The Bertz CT molecular complexity index is 646. The van der Waals surface area contributed by atoms with Crippen LogP contribution in [0.15, 0.2) is 64.8 Å². The summed E-state index contributed by atoms with van der Waals surface area (Å²) in [5.41, 5.74) is 1.67. The van der Waals surface area contributed by atoms with Crippen LogP contribution in [0.4, 0.5) is 0 Å². The van der Waals surface area contributed by atoms with Crippen molar-refractivity contribution >= 4 is 5.91 Å². The molecule has 1 aromatic carbocycles. The first kappa shape index (κ1) is 13.6. The standard InChI is InChI=1S/C17H17NO3/c1-2-13-15(16(19)14-9-6-10-21-14)18(17(13)20)11-12-7-4-3-5-8-12/h2-10,15-16,19H,11H2,1H3/b13-2+. The van der Waals surface area contributed by atoms with Crippen LogP contribution in [-0.4, -0.2) is 22.0 Å². The maximum Gasteiger partial charge on any atom is 0.252 e. The zero-order chi connectivity index (χ0) is 14.8. The fourth-order valence-electron chi connectivity index (χ4n) is 2.72. The van der Waals surface area contributed by atoms with Gasteiger partial charge in [0.2, 0.25) is 0 Å². The van der Waals surface area contributed by atoms with Crippen LogP contribution in [0.5, 0.6) is 0 Å². The minimum atomic E-state index is -0.840. The molecule has 0 radical (unpaired) electrons. The van der Waals surface area contributed by atoms with Crippen LogP contribution >= 0.6 is 0 Å². The highest BCUT2D eigenvalue weighted by Crippen LogP contribution is 2.36. The lowest BCUT2D eigenvalue weighted by Crippen LogP contribution is -2.57. The van der Waals surface area contributed by atoms with E-state index in [1.807, 2.05) is 37.3 Å². The Kier molecular flexibility index (Phi) is 3.62. The van der Waals surface area contributed by atoms with Crippen LogP contribution in [0.3, 0.4) is 0 Å². The average molecular weight is 283 g/mol. The second kappa shape index (κ2) is 5.58. The van der Waals surface area contributed by atoms with Gasteiger partial charge in [-0.05, 0) is 24.6 Å². The number of hydrogen-bond donors (Lipinski definition) is 1. The Balaban J connectivity index is 1.83. The number of β-lactam (4-membered cyclic amide) rings is 1. The van der Waals surface area contributed by atoms with Crippen molar-refractivity contribution in [2.45, 2.75) is 25.6 Å². The molecule has 108 valence electrons. The number of likely N-dealkylation sites (tertiary alicyclic amines) is 1. The van der Waals surface area contributed by atoms with E-state index < -0.39 is 6.10 Å². The minimum absolute atomic E-state index is 0.0306. The molecule has 1 aliphatic heterocycles. The molecule has 0 aliphatic carbocycles. The van der Waals surface area contributed by atoms with Gasteiger partial charge in [-0.1, -0.05) is 36.4 Å². The number of carbonyl (C=O) groups is 1. The molecule has 2 aromatic rings. The second-order valence-electron chi connectivity index (χ2n) is 5.07. The maximum atomic E-state index is 12.2. The van der Waals surface area contributed by atoms with Gasteiger partial charge in [0, 0.05) is 12.1 Å². The Labute approximate surface area is 123 Å². The van der Waals surface area contributed by atoms with Crippen molar-refractivity contribution < 1.29 is 14.3 Å². The van der Waals surface area contributed by atoms with Gasteiger partial charge >= 0.3 is 0 Å². The number of hydrogen-bond acceptors (Lipinski definition) is 3. The van der Waals surface area contributed by atoms with Gasteiger partial charge in [0.15, 0.2) is 0 Å². The topological polar surface area (TPSA) is 53.7 Å². The Morgan fingerprint density at radius 1 is 1.29 bits per heavy atom. The molecule has 2 unspecified atom stereocenters. The number of nitrogens with zero attached hydrogens (tertiary/aromatic N) is 1. The molecule has 0 saturated carbocycles. The molecule has 4 heteroatoms. The highest BCUT2D eigenvalue weighted by Gasteiger charge is 2.46. The fourth-order valence-corrected chi connectivity index (χ4v) is 2.72. The summed E-state index contributed by atoms with van der Waals surface area (Å²) < 4.78 is 5.26. The molecule has 4 nitrogen and oxygen atoms in total. The SMILES string of the molecule is C/C=C1/C(=O)N(Cc2ccccc2)C1C(O)c1ccco1.